The van der Waals surface area contributed by atoms with Gasteiger partial charge < -0.3 is 10.4 Å². The van der Waals surface area contributed by atoms with Crippen molar-refractivity contribution in [3.63, 3.8) is 0 Å². The number of rotatable bonds is 3. The van der Waals surface area contributed by atoms with Crippen LogP contribution in [0.5, 0.6) is 0 Å². The van der Waals surface area contributed by atoms with Crippen LogP contribution in [0.15, 0.2) is 0 Å². The molecule has 1 heterocycles. The van der Waals surface area contributed by atoms with Crippen molar-refractivity contribution in [2.45, 2.75) is 69.9 Å². The monoisotopic (exact) mass is 211 g/mol. The Balaban J connectivity index is 1.84. The van der Waals surface area contributed by atoms with Gasteiger partial charge in [-0.25, -0.2) is 0 Å². The summed E-state index contributed by atoms with van der Waals surface area (Å²) in [6.45, 7) is 3.37. The summed E-state index contributed by atoms with van der Waals surface area (Å²) in [5.41, 5.74) is -0.374. The van der Waals surface area contributed by atoms with Crippen LogP contribution in [0.1, 0.15) is 58.3 Å². The zero-order valence-electron chi connectivity index (χ0n) is 9.97. The maximum Gasteiger partial charge on any atom is 0.0800 e. The lowest BCUT2D eigenvalue weighted by molar-refractivity contribution is -0.0371. The molecule has 0 aromatic heterocycles. The van der Waals surface area contributed by atoms with Crippen LogP contribution in [-0.4, -0.2) is 23.3 Å². The van der Waals surface area contributed by atoms with Crippen LogP contribution in [0.3, 0.4) is 0 Å². The second-order valence-electron chi connectivity index (χ2n) is 5.48. The SMILES string of the molecule is CCCC1CCC(O)(C2CCCN2)CC1. The van der Waals surface area contributed by atoms with E-state index >= 15 is 0 Å². The lowest BCUT2D eigenvalue weighted by Gasteiger charge is -2.40. The second kappa shape index (κ2) is 4.84. The van der Waals surface area contributed by atoms with E-state index in [0.29, 0.717) is 6.04 Å². The molecule has 0 aromatic carbocycles. The van der Waals surface area contributed by atoms with Gasteiger partial charge in [-0.3, -0.25) is 0 Å². The third-order valence-corrected chi connectivity index (χ3v) is 4.38. The van der Waals surface area contributed by atoms with Crippen LogP contribution in [0, 0.1) is 5.92 Å². The third kappa shape index (κ3) is 2.54. The fourth-order valence-electron chi connectivity index (χ4n) is 3.37. The number of hydrogen-bond acceptors (Lipinski definition) is 2. The van der Waals surface area contributed by atoms with Crippen molar-refractivity contribution in [3.8, 4) is 0 Å². The van der Waals surface area contributed by atoms with Crippen LogP contribution in [0.4, 0.5) is 0 Å². The molecule has 1 aliphatic carbocycles. The molecular formula is C13H25NO. The summed E-state index contributed by atoms with van der Waals surface area (Å²) in [4.78, 5) is 0. The number of nitrogens with one attached hydrogen (secondary N) is 1. The van der Waals surface area contributed by atoms with Crippen molar-refractivity contribution in [3.05, 3.63) is 0 Å². The molecule has 1 unspecified atom stereocenters. The number of aliphatic hydroxyl groups is 1. The molecule has 88 valence electrons. The Morgan fingerprint density at radius 1 is 1.27 bits per heavy atom. The summed E-state index contributed by atoms with van der Waals surface area (Å²) in [5.74, 6) is 0.886. The van der Waals surface area contributed by atoms with Gasteiger partial charge in [0, 0.05) is 6.04 Å². The van der Waals surface area contributed by atoms with E-state index in [9.17, 15) is 5.11 Å². The smallest absolute Gasteiger partial charge is 0.0800 e. The molecular weight excluding hydrogens is 186 g/mol. The summed E-state index contributed by atoms with van der Waals surface area (Å²) in [7, 11) is 0. The maximum absolute atomic E-state index is 10.6. The average molecular weight is 211 g/mol. The highest BCUT2D eigenvalue weighted by Gasteiger charge is 2.40. The molecule has 1 aliphatic heterocycles. The standard InChI is InChI=1S/C13H25NO/c1-2-4-11-6-8-13(15,9-7-11)12-5-3-10-14-12/h11-12,14-15H,2-10H2,1H3. The van der Waals surface area contributed by atoms with Crippen LogP contribution in [0.2, 0.25) is 0 Å². The number of hydrogen-bond donors (Lipinski definition) is 2. The average Bonchev–Trinajstić information content (AvgIpc) is 2.76. The largest absolute Gasteiger partial charge is 0.388 e. The van der Waals surface area contributed by atoms with Gasteiger partial charge in [0.1, 0.15) is 0 Å². The van der Waals surface area contributed by atoms with E-state index in [1.807, 2.05) is 0 Å². The molecule has 0 amide bonds. The molecule has 2 nitrogen and oxygen atoms in total. The van der Waals surface area contributed by atoms with Crippen LogP contribution in [-0.2, 0) is 0 Å². The van der Waals surface area contributed by atoms with Crippen LogP contribution >= 0.6 is 0 Å². The molecule has 1 atom stereocenters. The van der Waals surface area contributed by atoms with Gasteiger partial charge in [0.2, 0.25) is 0 Å². The van der Waals surface area contributed by atoms with Gasteiger partial charge in [0.15, 0.2) is 0 Å². The van der Waals surface area contributed by atoms with Crippen molar-refractivity contribution >= 4 is 0 Å². The quantitative estimate of drug-likeness (QED) is 0.751. The minimum Gasteiger partial charge on any atom is -0.388 e. The van der Waals surface area contributed by atoms with Gasteiger partial charge in [-0.15, -0.1) is 0 Å². The summed E-state index contributed by atoms with van der Waals surface area (Å²) in [5, 5.41) is 14.1. The van der Waals surface area contributed by atoms with E-state index in [1.54, 1.807) is 0 Å². The van der Waals surface area contributed by atoms with Gasteiger partial charge in [0.25, 0.3) is 0 Å². The first-order valence-corrected chi connectivity index (χ1v) is 6.70. The third-order valence-electron chi connectivity index (χ3n) is 4.38. The Morgan fingerprint density at radius 3 is 2.53 bits per heavy atom. The first kappa shape index (κ1) is 11.4. The molecule has 0 bridgehead atoms. The molecule has 2 heteroatoms. The topological polar surface area (TPSA) is 32.3 Å². The molecule has 0 radical (unpaired) electrons. The molecule has 0 spiro atoms. The van der Waals surface area contributed by atoms with Crippen molar-refractivity contribution in [2.75, 3.05) is 6.54 Å². The maximum atomic E-state index is 10.6. The highest BCUT2D eigenvalue weighted by molar-refractivity contribution is 4.97. The Hall–Kier alpha value is -0.0800. The van der Waals surface area contributed by atoms with Crippen molar-refractivity contribution in [2.24, 2.45) is 5.92 Å². The fourth-order valence-corrected chi connectivity index (χ4v) is 3.37. The van der Waals surface area contributed by atoms with E-state index in [0.717, 1.165) is 25.3 Å². The minimum absolute atomic E-state index is 0.374. The minimum atomic E-state index is -0.374. The molecule has 0 aromatic rings. The first-order chi connectivity index (χ1) is 7.24. The lowest BCUT2D eigenvalue weighted by atomic mass is 9.73. The first-order valence-electron chi connectivity index (χ1n) is 6.70. The van der Waals surface area contributed by atoms with Gasteiger partial charge in [-0.1, -0.05) is 19.8 Å². The normalized spacial score (nSPS) is 42.0. The predicted octanol–water partition coefficient (Wildman–Crippen LogP) is 2.46. The zero-order valence-corrected chi connectivity index (χ0v) is 9.97. The predicted molar refractivity (Wildman–Crippen MR) is 62.8 cm³/mol. The molecule has 1 saturated heterocycles. The Labute approximate surface area is 93.5 Å². The van der Waals surface area contributed by atoms with E-state index in [-0.39, 0.29) is 5.60 Å². The summed E-state index contributed by atoms with van der Waals surface area (Å²) >= 11 is 0. The Kier molecular flexibility index (Phi) is 3.68. The van der Waals surface area contributed by atoms with Crippen LogP contribution < -0.4 is 5.32 Å². The van der Waals surface area contributed by atoms with Gasteiger partial charge in [-0.05, 0) is 51.0 Å². The summed E-state index contributed by atoms with van der Waals surface area (Å²) < 4.78 is 0. The van der Waals surface area contributed by atoms with Crippen LogP contribution in [0.25, 0.3) is 0 Å². The van der Waals surface area contributed by atoms with E-state index in [1.165, 1.54) is 38.5 Å². The van der Waals surface area contributed by atoms with Gasteiger partial charge in [0.05, 0.1) is 5.60 Å². The van der Waals surface area contributed by atoms with E-state index in [4.69, 9.17) is 0 Å². The molecule has 1 saturated carbocycles. The summed E-state index contributed by atoms with van der Waals surface area (Å²) in [6.07, 6.45) is 9.59. The highest BCUT2D eigenvalue weighted by atomic mass is 16.3. The zero-order chi connectivity index (χ0) is 10.7. The van der Waals surface area contributed by atoms with Gasteiger partial charge >= 0.3 is 0 Å². The van der Waals surface area contributed by atoms with Crippen molar-refractivity contribution < 1.29 is 5.11 Å². The molecule has 15 heavy (non-hydrogen) atoms. The molecule has 2 aliphatic rings. The second-order valence-corrected chi connectivity index (χ2v) is 5.48. The highest BCUT2D eigenvalue weighted by Crippen LogP contribution is 2.38. The van der Waals surface area contributed by atoms with Crippen molar-refractivity contribution in [1.82, 2.24) is 5.32 Å². The molecule has 2 fully saturated rings. The summed E-state index contributed by atoms with van der Waals surface area (Å²) in [6, 6.07) is 0.389. The van der Waals surface area contributed by atoms with Gasteiger partial charge in [-0.2, -0.15) is 0 Å². The Bertz CT molecular complexity index is 191. The van der Waals surface area contributed by atoms with E-state index in [2.05, 4.69) is 12.2 Å². The van der Waals surface area contributed by atoms with Crippen molar-refractivity contribution in [1.29, 1.82) is 0 Å². The van der Waals surface area contributed by atoms with E-state index < -0.39 is 0 Å². The fraction of sp³-hybridized carbons (Fsp3) is 1.00. The lowest BCUT2D eigenvalue weighted by Crippen LogP contribution is -2.49. The molecule has 2 rings (SSSR count). The molecule has 2 N–H and O–H groups in total. The Morgan fingerprint density at radius 2 is 2.00 bits per heavy atom.